The first-order valence-electron chi connectivity index (χ1n) is 4.02. The fraction of sp³-hybridized carbons (Fsp3) is 0.500. The zero-order chi connectivity index (χ0) is 8.39. The van der Waals surface area contributed by atoms with E-state index in [1.54, 1.807) is 0 Å². The number of aromatic amines is 1. The molecule has 1 saturated heterocycles. The molecule has 2 rings (SSSR count). The van der Waals surface area contributed by atoms with Crippen molar-refractivity contribution in [3.63, 3.8) is 0 Å². The van der Waals surface area contributed by atoms with Gasteiger partial charge in [-0.3, -0.25) is 9.89 Å². The third-order valence-corrected chi connectivity index (χ3v) is 3.43. The van der Waals surface area contributed by atoms with Gasteiger partial charge in [0, 0.05) is 10.9 Å². The Labute approximate surface area is 74.9 Å². The van der Waals surface area contributed by atoms with Gasteiger partial charge in [0.15, 0.2) is 6.29 Å². The van der Waals surface area contributed by atoms with E-state index in [2.05, 4.69) is 10.2 Å². The summed E-state index contributed by atoms with van der Waals surface area (Å²) >= 11 is 1.93. The van der Waals surface area contributed by atoms with E-state index in [0.717, 1.165) is 12.0 Å². The van der Waals surface area contributed by atoms with E-state index in [0.29, 0.717) is 10.9 Å². The number of aromatic nitrogens is 2. The summed E-state index contributed by atoms with van der Waals surface area (Å²) in [6.07, 6.45) is 3.25. The average Bonchev–Trinajstić information content (AvgIpc) is 2.75. The molecule has 0 spiro atoms. The van der Waals surface area contributed by atoms with Gasteiger partial charge in [-0.1, -0.05) is 0 Å². The molecule has 1 N–H and O–H groups in total. The molecule has 1 fully saturated rings. The molecule has 1 aromatic rings. The molecule has 1 aliphatic heterocycles. The SMILES string of the molecule is O=Cc1cc(C2CCCS2)[nH]n1. The van der Waals surface area contributed by atoms with Crippen molar-refractivity contribution in [1.29, 1.82) is 0 Å². The predicted molar refractivity (Wildman–Crippen MR) is 48.4 cm³/mol. The zero-order valence-electron chi connectivity index (χ0n) is 6.62. The first kappa shape index (κ1) is 7.86. The van der Waals surface area contributed by atoms with Crippen LogP contribution in [0, 0.1) is 0 Å². The highest BCUT2D eigenvalue weighted by molar-refractivity contribution is 7.99. The van der Waals surface area contributed by atoms with Crippen molar-refractivity contribution in [2.75, 3.05) is 5.75 Å². The second kappa shape index (κ2) is 3.31. The molecule has 1 aromatic heterocycles. The Morgan fingerprint density at radius 2 is 2.67 bits per heavy atom. The van der Waals surface area contributed by atoms with Crippen molar-refractivity contribution in [1.82, 2.24) is 10.2 Å². The fourth-order valence-electron chi connectivity index (χ4n) is 1.40. The Morgan fingerprint density at radius 1 is 1.75 bits per heavy atom. The quantitative estimate of drug-likeness (QED) is 0.709. The smallest absolute Gasteiger partial charge is 0.170 e. The van der Waals surface area contributed by atoms with Gasteiger partial charge in [0.1, 0.15) is 5.69 Å². The monoisotopic (exact) mass is 182 g/mol. The van der Waals surface area contributed by atoms with E-state index in [4.69, 9.17) is 0 Å². The summed E-state index contributed by atoms with van der Waals surface area (Å²) in [4.78, 5) is 10.3. The van der Waals surface area contributed by atoms with Crippen LogP contribution >= 0.6 is 11.8 Å². The van der Waals surface area contributed by atoms with Gasteiger partial charge >= 0.3 is 0 Å². The number of nitrogens with one attached hydrogen (secondary N) is 1. The van der Waals surface area contributed by atoms with Crippen LogP contribution in [-0.4, -0.2) is 22.2 Å². The number of H-pyrrole nitrogens is 1. The highest BCUT2D eigenvalue weighted by Crippen LogP contribution is 2.38. The van der Waals surface area contributed by atoms with Crippen LogP contribution in [0.2, 0.25) is 0 Å². The van der Waals surface area contributed by atoms with E-state index < -0.39 is 0 Å². The third kappa shape index (κ3) is 1.39. The van der Waals surface area contributed by atoms with Crippen molar-refractivity contribution in [2.24, 2.45) is 0 Å². The molecule has 12 heavy (non-hydrogen) atoms. The molecule has 0 bridgehead atoms. The molecule has 0 saturated carbocycles. The van der Waals surface area contributed by atoms with Crippen LogP contribution in [0.15, 0.2) is 6.07 Å². The lowest BCUT2D eigenvalue weighted by Crippen LogP contribution is -1.87. The first-order chi connectivity index (χ1) is 5.90. The number of carbonyl (C=O) groups is 1. The van der Waals surface area contributed by atoms with Gasteiger partial charge in [-0.05, 0) is 24.7 Å². The summed E-state index contributed by atoms with van der Waals surface area (Å²) in [5.41, 5.74) is 1.61. The Bertz CT molecular complexity index is 278. The lowest BCUT2D eigenvalue weighted by molar-refractivity contribution is 0.111. The van der Waals surface area contributed by atoms with Gasteiger partial charge in [-0.25, -0.2) is 0 Å². The zero-order valence-corrected chi connectivity index (χ0v) is 7.43. The van der Waals surface area contributed by atoms with Gasteiger partial charge in [0.2, 0.25) is 0 Å². The summed E-state index contributed by atoms with van der Waals surface area (Å²) in [5, 5.41) is 7.30. The minimum atomic E-state index is 0.512. The summed E-state index contributed by atoms with van der Waals surface area (Å²) in [6, 6.07) is 1.84. The van der Waals surface area contributed by atoms with Crippen molar-refractivity contribution in [3.8, 4) is 0 Å². The molecular formula is C8H10N2OS. The van der Waals surface area contributed by atoms with E-state index in [9.17, 15) is 4.79 Å². The summed E-state index contributed by atoms with van der Waals surface area (Å²) in [7, 11) is 0. The number of thioether (sulfide) groups is 1. The Kier molecular flexibility index (Phi) is 2.17. The molecule has 1 unspecified atom stereocenters. The molecule has 4 heteroatoms. The molecular weight excluding hydrogens is 172 g/mol. The normalized spacial score (nSPS) is 22.8. The number of hydrogen-bond acceptors (Lipinski definition) is 3. The third-order valence-electron chi connectivity index (χ3n) is 2.01. The highest BCUT2D eigenvalue weighted by Gasteiger charge is 2.19. The Hall–Kier alpha value is -0.770. The first-order valence-corrected chi connectivity index (χ1v) is 5.07. The minimum Gasteiger partial charge on any atom is -0.296 e. The standard InChI is InChI=1S/C8H10N2OS/c11-5-6-4-7(10-9-6)8-2-1-3-12-8/h4-5,8H,1-3H2,(H,9,10). The number of rotatable bonds is 2. The van der Waals surface area contributed by atoms with Gasteiger partial charge in [-0.15, -0.1) is 0 Å². The predicted octanol–water partition coefficient (Wildman–Crippen LogP) is 1.79. The molecule has 0 radical (unpaired) electrons. The van der Waals surface area contributed by atoms with E-state index >= 15 is 0 Å². The summed E-state index contributed by atoms with van der Waals surface area (Å²) < 4.78 is 0. The molecule has 0 amide bonds. The highest BCUT2D eigenvalue weighted by atomic mass is 32.2. The van der Waals surface area contributed by atoms with Crippen molar-refractivity contribution < 1.29 is 4.79 Å². The Morgan fingerprint density at radius 3 is 3.25 bits per heavy atom. The van der Waals surface area contributed by atoms with Gasteiger partial charge in [0.05, 0.1) is 0 Å². The van der Waals surface area contributed by atoms with Crippen LogP contribution in [0.3, 0.4) is 0 Å². The van der Waals surface area contributed by atoms with Crippen LogP contribution in [0.1, 0.15) is 34.3 Å². The molecule has 1 aliphatic rings. The van der Waals surface area contributed by atoms with Crippen LogP contribution in [-0.2, 0) is 0 Å². The molecule has 3 nitrogen and oxygen atoms in total. The molecule has 0 aromatic carbocycles. The minimum absolute atomic E-state index is 0.512. The van der Waals surface area contributed by atoms with Gasteiger partial charge < -0.3 is 0 Å². The summed E-state index contributed by atoms with van der Waals surface area (Å²) in [6.45, 7) is 0. The molecule has 64 valence electrons. The van der Waals surface area contributed by atoms with Crippen LogP contribution in [0.4, 0.5) is 0 Å². The second-order valence-electron chi connectivity index (χ2n) is 2.87. The van der Waals surface area contributed by atoms with Crippen molar-refractivity contribution >= 4 is 18.0 Å². The lowest BCUT2D eigenvalue weighted by atomic mass is 10.2. The van der Waals surface area contributed by atoms with E-state index in [1.807, 2.05) is 17.8 Å². The lowest BCUT2D eigenvalue weighted by Gasteiger charge is -2.02. The molecule has 1 atom stereocenters. The van der Waals surface area contributed by atoms with Crippen molar-refractivity contribution in [3.05, 3.63) is 17.5 Å². The topological polar surface area (TPSA) is 45.8 Å². The van der Waals surface area contributed by atoms with Crippen molar-refractivity contribution in [2.45, 2.75) is 18.1 Å². The fourth-order valence-corrected chi connectivity index (χ4v) is 2.65. The summed E-state index contributed by atoms with van der Waals surface area (Å²) in [5.74, 6) is 1.22. The van der Waals surface area contributed by atoms with Crippen LogP contribution in [0.5, 0.6) is 0 Å². The van der Waals surface area contributed by atoms with Gasteiger partial charge in [0.25, 0.3) is 0 Å². The maximum absolute atomic E-state index is 10.3. The number of carbonyl (C=O) groups excluding carboxylic acids is 1. The van der Waals surface area contributed by atoms with Crippen LogP contribution in [0.25, 0.3) is 0 Å². The average molecular weight is 182 g/mol. The number of hydrogen-bond donors (Lipinski definition) is 1. The molecule has 2 heterocycles. The van der Waals surface area contributed by atoms with E-state index in [1.165, 1.54) is 18.6 Å². The number of aldehydes is 1. The van der Waals surface area contributed by atoms with Crippen LogP contribution < -0.4 is 0 Å². The second-order valence-corrected chi connectivity index (χ2v) is 4.18. The largest absolute Gasteiger partial charge is 0.296 e. The maximum Gasteiger partial charge on any atom is 0.170 e. The number of nitrogens with zero attached hydrogens (tertiary/aromatic N) is 1. The Balaban J connectivity index is 2.16. The molecule has 0 aliphatic carbocycles. The van der Waals surface area contributed by atoms with E-state index in [-0.39, 0.29) is 0 Å². The van der Waals surface area contributed by atoms with Gasteiger partial charge in [-0.2, -0.15) is 16.9 Å². The maximum atomic E-state index is 10.3.